The number of hydrogen-bond donors (Lipinski definition) is 3. The number of nitrogens with one attached hydrogen (secondary N) is 2. The molecule has 3 amide bonds. The lowest BCUT2D eigenvalue weighted by Gasteiger charge is -2.37. The zero-order valence-corrected chi connectivity index (χ0v) is 11.6. The van der Waals surface area contributed by atoms with E-state index in [9.17, 15) is 14.4 Å². The molecule has 2 aliphatic rings. The molecule has 1 heterocycles. The molecule has 2 unspecified atom stereocenters. The van der Waals surface area contributed by atoms with E-state index >= 15 is 0 Å². The molecule has 20 heavy (non-hydrogen) atoms. The molecular formula is C13H21N3O4. The van der Waals surface area contributed by atoms with Crippen LogP contribution in [0.2, 0.25) is 0 Å². The summed E-state index contributed by atoms with van der Waals surface area (Å²) in [6, 6.07) is -1.20. The molecule has 0 aromatic rings. The van der Waals surface area contributed by atoms with Crippen LogP contribution in [0.3, 0.4) is 0 Å². The Hall–Kier alpha value is -1.79. The third kappa shape index (κ3) is 3.20. The van der Waals surface area contributed by atoms with Crippen LogP contribution in [0, 0.1) is 5.92 Å². The first-order valence-electron chi connectivity index (χ1n) is 7.05. The van der Waals surface area contributed by atoms with Crippen molar-refractivity contribution in [3.63, 3.8) is 0 Å². The summed E-state index contributed by atoms with van der Waals surface area (Å²) in [5.74, 6) is -0.988. The Kier molecular flexibility index (Phi) is 4.46. The smallest absolute Gasteiger partial charge is 0.318 e. The Balaban J connectivity index is 1.97. The van der Waals surface area contributed by atoms with Crippen molar-refractivity contribution < 1.29 is 19.5 Å². The Labute approximate surface area is 117 Å². The number of carbonyl (C=O) groups is 3. The first kappa shape index (κ1) is 14.6. The van der Waals surface area contributed by atoms with Crippen molar-refractivity contribution >= 4 is 17.9 Å². The Morgan fingerprint density at radius 3 is 2.75 bits per heavy atom. The summed E-state index contributed by atoms with van der Waals surface area (Å²) in [7, 11) is 0. The highest BCUT2D eigenvalue weighted by molar-refractivity contribution is 5.91. The van der Waals surface area contributed by atoms with E-state index in [4.69, 9.17) is 5.11 Å². The van der Waals surface area contributed by atoms with Crippen LogP contribution in [0.4, 0.5) is 4.79 Å². The molecule has 2 fully saturated rings. The molecule has 2 rings (SSSR count). The number of piperazine rings is 1. The van der Waals surface area contributed by atoms with Gasteiger partial charge in [0.2, 0.25) is 5.91 Å². The summed E-state index contributed by atoms with van der Waals surface area (Å²) in [5.41, 5.74) is 0. The molecule has 1 aliphatic heterocycles. The van der Waals surface area contributed by atoms with E-state index in [1.165, 1.54) is 11.3 Å². The van der Waals surface area contributed by atoms with Gasteiger partial charge in [-0.05, 0) is 25.7 Å². The first-order valence-corrected chi connectivity index (χ1v) is 7.05. The van der Waals surface area contributed by atoms with Gasteiger partial charge in [-0.1, -0.05) is 6.42 Å². The van der Waals surface area contributed by atoms with Gasteiger partial charge in [-0.3, -0.25) is 9.59 Å². The Morgan fingerprint density at radius 2 is 2.20 bits per heavy atom. The highest BCUT2D eigenvalue weighted by Crippen LogP contribution is 2.29. The summed E-state index contributed by atoms with van der Waals surface area (Å²) in [4.78, 5) is 36.1. The normalized spacial score (nSPS) is 24.6. The number of urea groups is 1. The third-order valence-corrected chi connectivity index (χ3v) is 4.17. The third-order valence-electron chi connectivity index (χ3n) is 4.17. The number of carbonyl (C=O) groups excluding carboxylic acids is 2. The molecule has 3 N–H and O–H groups in total. The van der Waals surface area contributed by atoms with Crippen molar-refractivity contribution in [3.8, 4) is 0 Å². The minimum Gasteiger partial charge on any atom is -0.481 e. The van der Waals surface area contributed by atoms with Gasteiger partial charge >= 0.3 is 12.0 Å². The highest BCUT2D eigenvalue weighted by Gasteiger charge is 2.36. The van der Waals surface area contributed by atoms with Crippen molar-refractivity contribution in [2.24, 2.45) is 5.92 Å². The summed E-state index contributed by atoms with van der Waals surface area (Å²) < 4.78 is 0. The van der Waals surface area contributed by atoms with Crippen LogP contribution in [-0.2, 0) is 9.59 Å². The summed E-state index contributed by atoms with van der Waals surface area (Å²) in [6.45, 7) is 2.66. The van der Waals surface area contributed by atoms with Gasteiger partial charge in [0.15, 0.2) is 0 Å². The van der Waals surface area contributed by atoms with Crippen LogP contribution in [0.25, 0.3) is 0 Å². The van der Waals surface area contributed by atoms with Crippen molar-refractivity contribution in [1.29, 1.82) is 0 Å². The molecule has 2 atom stereocenters. The summed E-state index contributed by atoms with van der Waals surface area (Å²) in [6.07, 6.45) is 3.05. The molecule has 112 valence electrons. The topological polar surface area (TPSA) is 98.7 Å². The van der Waals surface area contributed by atoms with Crippen LogP contribution in [0.1, 0.15) is 32.6 Å². The van der Waals surface area contributed by atoms with Gasteiger partial charge in [-0.2, -0.15) is 0 Å². The van der Waals surface area contributed by atoms with E-state index in [-0.39, 0.29) is 18.5 Å². The predicted octanol–water partition coefficient (Wildman–Crippen LogP) is 0.160. The number of carboxylic acid groups (broad SMARTS) is 1. The summed E-state index contributed by atoms with van der Waals surface area (Å²) >= 11 is 0. The van der Waals surface area contributed by atoms with Gasteiger partial charge in [0, 0.05) is 19.1 Å². The van der Waals surface area contributed by atoms with Gasteiger partial charge in [0.25, 0.3) is 0 Å². The lowest BCUT2D eigenvalue weighted by molar-refractivity contribution is -0.142. The van der Waals surface area contributed by atoms with E-state index in [0.717, 1.165) is 12.8 Å². The minimum absolute atomic E-state index is 0.0618. The van der Waals surface area contributed by atoms with Crippen LogP contribution >= 0.6 is 0 Å². The minimum atomic E-state index is -1.09. The average Bonchev–Trinajstić information content (AvgIpc) is 2.28. The molecule has 0 bridgehead atoms. The van der Waals surface area contributed by atoms with Gasteiger partial charge in [0.05, 0.1) is 6.42 Å². The second kappa shape index (κ2) is 6.11. The van der Waals surface area contributed by atoms with Crippen molar-refractivity contribution in [2.45, 2.75) is 44.7 Å². The SMILES string of the molecule is CC(NC(=O)N1CCNC(=O)C1CC(=O)O)C1CCC1. The van der Waals surface area contributed by atoms with Crippen molar-refractivity contribution in [3.05, 3.63) is 0 Å². The van der Waals surface area contributed by atoms with Gasteiger partial charge in [0.1, 0.15) is 6.04 Å². The second-order valence-corrected chi connectivity index (χ2v) is 5.53. The van der Waals surface area contributed by atoms with Crippen molar-refractivity contribution in [1.82, 2.24) is 15.5 Å². The molecule has 1 saturated carbocycles. The van der Waals surface area contributed by atoms with Crippen LogP contribution in [0.5, 0.6) is 0 Å². The maximum Gasteiger partial charge on any atom is 0.318 e. The van der Waals surface area contributed by atoms with Gasteiger partial charge in [-0.25, -0.2) is 4.79 Å². The number of carboxylic acids is 1. The predicted molar refractivity (Wildman–Crippen MR) is 71.1 cm³/mol. The molecule has 0 spiro atoms. The van der Waals surface area contributed by atoms with E-state index in [2.05, 4.69) is 10.6 Å². The number of amides is 3. The fraction of sp³-hybridized carbons (Fsp3) is 0.769. The second-order valence-electron chi connectivity index (χ2n) is 5.53. The molecular weight excluding hydrogens is 262 g/mol. The van der Waals surface area contributed by atoms with Crippen LogP contribution in [0.15, 0.2) is 0 Å². The zero-order valence-electron chi connectivity index (χ0n) is 11.6. The fourth-order valence-electron chi connectivity index (χ4n) is 2.66. The number of aliphatic carboxylic acids is 1. The molecule has 1 saturated heterocycles. The van der Waals surface area contributed by atoms with Gasteiger partial charge < -0.3 is 20.6 Å². The van der Waals surface area contributed by atoms with E-state index in [0.29, 0.717) is 19.0 Å². The first-order chi connectivity index (χ1) is 9.49. The fourth-order valence-corrected chi connectivity index (χ4v) is 2.66. The Morgan fingerprint density at radius 1 is 1.50 bits per heavy atom. The van der Waals surface area contributed by atoms with E-state index < -0.39 is 17.9 Å². The number of nitrogens with zero attached hydrogens (tertiary/aromatic N) is 1. The number of rotatable bonds is 4. The molecule has 0 radical (unpaired) electrons. The standard InChI is InChI=1S/C13H21N3O4/c1-8(9-3-2-4-9)15-13(20)16-6-5-14-12(19)10(16)7-11(17)18/h8-10H,2-7H2,1H3,(H,14,19)(H,15,20)(H,17,18). The Bertz CT molecular complexity index is 408. The lowest BCUT2D eigenvalue weighted by Crippen LogP contribution is -2.61. The van der Waals surface area contributed by atoms with E-state index in [1.54, 1.807) is 0 Å². The van der Waals surface area contributed by atoms with E-state index in [1.807, 2.05) is 6.92 Å². The van der Waals surface area contributed by atoms with Crippen LogP contribution in [-0.4, -0.2) is 53.1 Å². The molecule has 0 aromatic carbocycles. The van der Waals surface area contributed by atoms with Gasteiger partial charge in [-0.15, -0.1) is 0 Å². The zero-order chi connectivity index (χ0) is 14.7. The highest BCUT2D eigenvalue weighted by atomic mass is 16.4. The van der Waals surface area contributed by atoms with Crippen LogP contribution < -0.4 is 10.6 Å². The maximum absolute atomic E-state index is 12.2. The lowest BCUT2D eigenvalue weighted by atomic mass is 9.80. The maximum atomic E-state index is 12.2. The molecule has 0 aromatic heterocycles. The quantitative estimate of drug-likeness (QED) is 0.684. The van der Waals surface area contributed by atoms with Crippen molar-refractivity contribution in [2.75, 3.05) is 13.1 Å². The largest absolute Gasteiger partial charge is 0.481 e. The number of hydrogen-bond acceptors (Lipinski definition) is 3. The molecule has 7 nitrogen and oxygen atoms in total. The monoisotopic (exact) mass is 283 g/mol. The molecule has 7 heteroatoms. The molecule has 1 aliphatic carbocycles. The average molecular weight is 283 g/mol. The summed E-state index contributed by atoms with van der Waals surface area (Å²) in [5, 5.41) is 14.3.